The lowest BCUT2D eigenvalue weighted by Crippen LogP contribution is -2.36. The van der Waals surface area contributed by atoms with Crippen LogP contribution in [0.2, 0.25) is 0 Å². The number of hydrogen-bond acceptors (Lipinski definition) is 4. The van der Waals surface area contributed by atoms with Gasteiger partial charge in [-0.25, -0.2) is 9.59 Å². The van der Waals surface area contributed by atoms with Crippen molar-refractivity contribution >= 4 is 12.1 Å². The van der Waals surface area contributed by atoms with Crippen LogP contribution < -0.4 is 5.32 Å². The topological polar surface area (TPSA) is 84.9 Å². The quantitative estimate of drug-likeness (QED) is 0.853. The Morgan fingerprint density at radius 1 is 1.37 bits per heavy atom. The third-order valence-electron chi connectivity index (χ3n) is 2.81. The fourth-order valence-electron chi connectivity index (χ4n) is 1.83. The molecule has 2 rings (SSSR count). The summed E-state index contributed by atoms with van der Waals surface area (Å²) in [6, 6.07) is 8.99. The van der Waals surface area contributed by atoms with Crippen LogP contribution in [0.5, 0.6) is 0 Å². The molecule has 0 radical (unpaired) electrons. The van der Waals surface area contributed by atoms with Crippen LogP contribution in [0, 0.1) is 0 Å². The van der Waals surface area contributed by atoms with E-state index in [9.17, 15) is 9.59 Å². The van der Waals surface area contributed by atoms with Crippen LogP contribution in [0.25, 0.3) is 0 Å². The first-order valence-electron chi connectivity index (χ1n) is 5.97. The van der Waals surface area contributed by atoms with Crippen molar-refractivity contribution < 1.29 is 24.2 Å². The van der Waals surface area contributed by atoms with E-state index in [4.69, 9.17) is 14.6 Å². The molecular weight excluding hydrogens is 250 g/mol. The number of amides is 1. The van der Waals surface area contributed by atoms with E-state index in [0.717, 1.165) is 5.56 Å². The molecule has 0 unspecified atom stereocenters. The number of carbonyl (C=O) groups excluding carboxylic acids is 1. The summed E-state index contributed by atoms with van der Waals surface area (Å²) in [5.74, 6) is -1.01. The molecule has 1 aromatic carbocycles. The van der Waals surface area contributed by atoms with E-state index in [1.165, 1.54) is 0 Å². The van der Waals surface area contributed by atoms with Gasteiger partial charge in [-0.15, -0.1) is 0 Å². The summed E-state index contributed by atoms with van der Waals surface area (Å²) in [5.41, 5.74) is 0.892. The molecule has 0 saturated carbocycles. The highest BCUT2D eigenvalue weighted by atomic mass is 16.6. The third kappa shape index (κ3) is 3.96. The second-order valence-corrected chi connectivity index (χ2v) is 4.30. The van der Waals surface area contributed by atoms with Gasteiger partial charge >= 0.3 is 12.1 Å². The molecule has 1 heterocycles. The van der Waals surface area contributed by atoms with E-state index < -0.39 is 18.2 Å². The smallest absolute Gasteiger partial charge is 0.407 e. The number of nitrogens with one attached hydrogen (secondary N) is 1. The van der Waals surface area contributed by atoms with Crippen LogP contribution in [0.4, 0.5) is 4.79 Å². The van der Waals surface area contributed by atoms with Gasteiger partial charge in [0.1, 0.15) is 6.61 Å². The van der Waals surface area contributed by atoms with Crippen molar-refractivity contribution in [1.82, 2.24) is 5.32 Å². The summed E-state index contributed by atoms with van der Waals surface area (Å²) in [6.45, 7) is 0.375. The Hall–Kier alpha value is -2.08. The number of aliphatic carboxylic acids is 1. The minimum Gasteiger partial charge on any atom is -0.479 e. The predicted octanol–water partition coefficient (Wildman–Crippen LogP) is 1.15. The lowest BCUT2D eigenvalue weighted by atomic mass is 10.2. The molecule has 1 saturated heterocycles. The van der Waals surface area contributed by atoms with Crippen molar-refractivity contribution in [3.63, 3.8) is 0 Å². The minimum absolute atomic E-state index is 0.183. The molecular formula is C13H15NO5. The highest BCUT2D eigenvalue weighted by molar-refractivity contribution is 5.73. The summed E-state index contributed by atoms with van der Waals surface area (Å²) >= 11 is 0. The molecule has 0 aliphatic carbocycles. The second kappa shape index (κ2) is 6.19. The summed E-state index contributed by atoms with van der Waals surface area (Å²) in [4.78, 5) is 22.2. The Morgan fingerprint density at radius 2 is 2.11 bits per heavy atom. The minimum atomic E-state index is -1.01. The largest absolute Gasteiger partial charge is 0.479 e. The van der Waals surface area contributed by atoms with Crippen LogP contribution in [0.1, 0.15) is 12.0 Å². The second-order valence-electron chi connectivity index (χ2n) is 4.30. The molecule has 19 heavy (non-hydrogen) atoms. The van der Waals surface area contributed by atoms with Gasteiger partial charge in [-0.1, -0.05) is 30.3 Å². The number of carboxylic acid groups (broad SMARTS) is 1. The zero-order valence-corrected chi connectivity index (χ0v) is 10.2. The molecule has 2 N–H and O–H groups in total. The van der Waals surface area contributed by atoms with E-state index in [1.54, 1.807) is 0 Å². The third-order valence-corrected chi connectivity index (χ3v) is 2.81. The molecule has 1 aromatic rings. The average Bonchev–Trinajstić information content (AvgIpc) is 2.86. The first-order chi connectivity index (χ1) is 9.15. The molecule has 0 spiro atoms. The fraction of sp³-hybridized carbons (Fsp3) is 0.385. The number of carbonyl (C=O) groups is 2. The Labute approximate surface area is 110 Å². The highest BCUT2D eigenvalue weighted by Crippen LogP contribution is 2.13. The van der Waals surface area contributed by atoms with Crippen LogP contribution in [0.3, 0.4) is 0 Å². The first-order valence-corrected chi connectivity index (χ1v) is 5.97. The van der Waals surface area contributed by atoms with Gasteiger partial charge in [-0.3, -0.25) is 0 Å². The number of alkyl carbamates (subject to hydrolysis) is 1. The SMILES string of the molecule is O=C(N[C@H]1CO[C@H](C(=O)O)C1)OCc1ccccc1. The molecule has 0 aromatic heterocycles. The van der Waals surface area contributed by atoms with Crippen molar-refractivity contribution in [3.05, 3.63) is 35.9 Å². The van der Waals surface area contributed by atoms with Crippen molar-refractivity contribution in [2.45, 2.75) is 25.2 Å². The van der Waals surface area contributed by atoms with Gasteiger partial charge in [0.2, 0.25) is 0 Å². The van der Waals surface area contributed by atoms with Gasteiger partial charge in [0.15, 0.2) is 6.10 Å². The van der Waals surface area contributed by atoms with Crippen molar-refractivity contribution in [2.24, 2.45) is 0 Å². The van der Waals surface area contributed by atoms with E-state index in [0.29, 0.717) is 0 Å². The Balaban J connectivity index is 1.72. The zero-order valence-electron chi connectivity index (χ0n) is 10.2. The maximum Gasteiger partial charge on any atom is 0.407 e. The lowest BCUT2D eigenvalue weighted by Gasteiger charge is -2.11. The molecule has 102 valence electrons. The number of hydrogen-bond donors (Lipinski definition) is 2. The molecule has 1 aliphatic heterocycles. The predicted molar refractivity (Wildman–Crippen MR) is 65.5 cm³/mol. The Morgan fingerprint density at radius 3 is 2.74 bits per heavy atom. The lowest BCUT2D eigenvalue weighted by molar-refractivity contribution is -0.147. The van der Waals surface area contributed by atoms with E-state index >= 15 is 0 Å². The van der Waals surface area contributed by atoms with E-state index in [2.05, 4.69) is 5.32 Å². The van der Waals surface area contributed by atoms with E-state index in [-0.39, 0.29) is 25.7 Å². The summed E-state index contributed by atoms with van der Waals surface area (Å²) in [6.07, 6.45) is -1.15. The molecule has 6 nitrogen and oxygen atoms in total. The van der Waals surface area contributed by atoms with Crippen molar-refractivity contribution in [1.29, 1.82) is 0 Å². The van der Waals surface area contributed by atoms with Crippen LogP contribution >= 0.6 is 0 Å². The molecule has 0 bridgehead atoms. The first kappa shape index (κ1) is 13.4. The maximum absolute atomic E-state index is 11.5. The van der Waals surface area contributed by atoms with Crippen LogP contribution in [-0.4, -0.2) is 35.9 Å². The Bertz CT molecular complexity index is 448. The molecule has 1 aliphatic rings. The summed E-state index contributed by atoms with van der Waals surface area (Å²) in [7, 11) is 0. The monoisotopic (exact) mass is 265 g/mol. The molecule has 1 amide bonds. The molecule has 6 heteroatoms. The number of carboxylic acids is 1. The molecule has 1 fully saturated rings. The highest BCUT2D eigenvalue weighted by Gasteiger charge is 2.31. The van der Waals surface area contributed by atoms with Crippen molar-refractivity contribution in [3.8, 4) is 0 Å². The van der Waals surface area contributed by atoms with Crippen molar-refractivity contribution in [2.75, 3.05) is 6.61 Å². The maximum atomic E-state index is 11.5. The van der Waals surface area contributed by atoms with Gasteiger partial charge < -0.3 is 19.9 Å². The van der Waals surface area contributed by atoms with Gasteiger partial charge in [0.05, 0.1) is 12.6 Å². The summed E-state index contributed by atoms with van der Waals surface area (Å²) < 4.78 is 10.1. The number of benzene rings is 1. The van der Waals surface area contributed by atoms with Gasteiger partial charge in [-0.05, 0) is 5.56 Å². The Kier molecular flexibility index (Phi) is 4.35. The molecule has 2 atom stereocenters. The number of rotatable bonds is 4. The standard InChI is InChI=1S/C13H15NO5/c15-12(16)11-6-10(8-18-11)14-13(17)19-7-9-4-2-1-3-5-9/h1-5,10-11H,6-8H2,(H,14,17)(H,15,16)/t10-,11+/m1/s1. The normalized spacial score (nSPS) is 21.9. The van der Waals surface area contributed by atoms with Gasteiger partial charge in [0, 0.05) is 6.42 Å². The van der Waals surface area contributed by atoms with Crippen LogP contribution in [-0.2, 0) is 20.9 Å². The van der Waals surface area contributed by atoms with Gasteiger partial charge in [-0.2, -0.15) is 0 Å². The fourth-order valence-corrected chi connectivity index (χ4v) is 1.83. The zero-order chi connectivity index (χ0) is 13.7. The van der Waals surface area contributed by atoms with E-state index in [1.807, 2.05) is 30.3 Å². The average molecular weight is 265 g/mol. The van der Waals surface area contributed by atoms with Crippen LogP contribution in [0.15, 0.2) is 30.3 Å². The number of ether oxygens (including phenoxy) is 2. The van der Waals surface area contributed by atoms with Gasteiger partial charge in [0.25, 0.3) is 0 Å². The summed E-state index contributed by atoms with van der Waals surface area (Å²) in [5, 5.41) is 11.3.